The zero-order valence-electron chi connectivity index (χ0n) is 23.7. The molecule has 4 rings (SSSR count). The summed E-state index contributed by atoms with van der Waals surface area (Å²) in [6.07, 6.45) is 0. The Hall–Kier alpha value is -4.83. The molecule has 1 unspecified atom stereocenters. The molecule has 0 fully saturated rings. The number of hydrogen-bond donors (Lipinski definition) is 1. The second kappa shape index (κ2) is 11.3. The minimum absolute atomic E-state index is 0.0538. The van der Waals surface area contributed by atoms with Crippen molar-refractivity contribution < 1.29 is 47.9 Å². The zero-order chi connectivity index (χ0) is 30.1. The van der Waals surface area contributed by atoms with Crippen LogP contribution in [0.3, 0.4) is 0 Å². The van der Waals surface area contributed by atoms with Crippen molar-refractivity contribution in [3.8, 4) is 28.7 Å². The Morgan fingerprint density at radius 3 is 1.98 bits per heavy atom. The van der Waals surface area contributed by atoms with E-state index in [1.807, 2.05) is 0 Å². The van der Waals surface area contributed by atoms with Gasteiger partial charge in [0, 0.05) is 11.1 Å². The van der Waals surface area contributed by atoms with E-state index in [0.717, 1.165) is 12.7 Å². The SMILES string of the molecule is COC(=O)C1=C(C(=O)c2cccc(C)c2)C(=O)c2cc(OC)c(OC)c(OC)c2C1(O)c1ccc(OC)c(OC)c1. The molecule has 214 valence electrons. The lowest BCUT2D eigenvalue weighted by Gasteiger charge is -2.38. The van der Waals surface area contributed by atoms with Crippen LogP contribution in [0, 0.1) is 6.92 Å². The molecule has 41 heavy (non-hydrogen) atoms. The molecule has 0 amide bonds. The fourth-order valence-electron chi connectivity index (χ4n) is 5.10. The standard InChI is InChI=1S/C31H30O10/c1-16-9-8-10-17(13-16)26(32)23-25(30(34)41-7)31(35,18-11-12-20(36-2)21(14-18)37-3)24-19(27(23)33)15-22(38-4)28(39-5)29(24)40-6/h8-15,35H,1-7H3. The Balaban J connectivity index is 2.24. The summed E-state index contributed by atoms with van der Waals surface area (Å²) in [6, 6.07) is 12.3. The molecule has 10 heteroatoms. The van der Waals surface area contributed by atoms with Gasteiger partial charge >= 0.3 is 5.97 Å². The van der Waals surface area contributed by atoms with E-state index in [4.69, 9.17) is 28.4 Å². The summed E-state index contributed by atoms with van der Waals surface area (Å²) in [5, 5.41) is 12.8. The quantitative estimate of drug-likeness (QED) is 0.234. The van der Waals surface area contributed by atoms with Crippen LogP contribution in [-0.2, 0) is 15.1 Å². The van der Waals surface area contributed by atoms with Gasteiger partial charge < -0.3 is 33.5 Å². The molecule has 3 aromatic rings. The lowest BCUT2D eigenvalue weighted by molar-refractivity contribution is -0.138. The van der Waals surface area contributed by atoms with Gasteiger partial charge in [-0.2, -0.15) is 0 Å². The third kappa shape index (κ3) is 4.55. The monoisotopic (exact) mass is 562 g/mol. The van der Waals surface area contributed by atoms with Crippen molar-refractivity contribution in [1.82, 2.24) is 0 Å². The van der Waals surface area contributed by atoms with Crippen LogP contribution in [0.1, 0.15) is 37.4 Å². The van der Waals surface area contributed by atoms with Gasteiger partial charge in [0.15, 0.2) is 40.2 Å². The third-order valence-corrected chi connectivity index (χ3v) is 6.97. The van der Waals surface area contributed by atoms with E-state index in [9.17, 15) is 19.5 Å². The number of methoxy groups -OCH3 is 6. The third-order valence-electron chi connectivity index (χ3n) is 6.97. The van der Waals surface area contributed by atoms with Crippen LogP contribution in [0.4, 0.5) is 0 Å². The van der Waals surface area contributed by atoms with Gasteiger partial charge in [0.1, 0.15) is 0 Å². The molecule has 1 aliphatic carbocycles. The Kier molecular flexibility index (Phi) is 8.07. The number of aliphatic hydroxyl groups is 1. The summed E-state index contributed by atoms with van der Waals surface area (Å²) in [7, 11) is 7.97. The van der Waals surface area contributed by atoms with Gasteiger partial charge in [-0.25, -0.2) is 4.79 Å². The van der Waals surface area contributed by atoms with Crippen molar-refractivity contribution in [3.05, 3.63) is 87.5 Å². The Bertz CT molecular complexity index is 1590. The maximum absolute atomic E-state index is 14.2. The summed E-state index contributed by atoms with van der Waals surface area (Å²) < 4.78 is 32.5. The van der Waals surface area contributed by atoms with Gasteiger partial charge in [0.05, 0.1) is 59.4 Å². The summed E-state index contributed by atoms with van der Waals surface area (Å²) in [6.45, 7) is 1.78. The molecule has 0 aromatic heterocycles. The number of ketones is 2. The molecule has 3 aromatic carbocycles. The van der Waals surface area contributed by atoms with Crippen molar-refractivity contribution in [2.45, 2.75) is 12.5 Å². The van der Waals surface area contributed by atoms with Crippen molar-refractivity contribution in [1.29, 1.82) is 0 Å². The van der Waals surface area contributed by atoms with E-state index >= 15 is 0 Å². The number of Topliss-reactive ketones (excluding diaryl/α,β-unsaturated/α-hetero) is 2. The minimum atomic E-state index is -2.48. The molecule has 0 aliphatic heterocycles. The summed E-state index contributed by atoms with van der Waals surface area (Å²) in [4.78, 5) is 41.9. The summed E-state index contributed by atoms with van der Waals surface area (Å²) in [5.74, 6) is -2.09. The number of esters is 1. The van der Waals surface area contributed by atoms with Crippen LogP contribution in [-0.4, -0.2) is 65.3 Å². The van der Waals surface area contributed by atoms with Crippen LogP contribution in [0.25, 0.3) is 0 Å². The number of ether oxygens (including phenoxy) is 6. The minimum Gasteiger partial charge on any atom is -0.493 e. The van der Waals surface area contributed by atoms with Crippen LogP contribution >= 0.6 is 0 Å². The Labute approximate surface area is 237 Å². The number of aryl methyl sites for hydroxylation is 1. The van der Waals surface area contributed by atoms with Gasteiger partial charge in [-0.1, -0.05) is 29.8 Å². The number of fused-ring (bicyclic) bond motifs is 1. The second-order valence-corrected chi connectivity index (χ2v) is 9.12. The number of carbonyl (C=O) groups is 3. The highest BCUT2D eigenvalue weighted by atomic mass is 16.5. The predicted octanol–water partition coefficient (Wildman–Crippen LogP) is 3.82. The van der Waals surface area contributed by atoms with E-state index in [1.165, 1.54) is 65.9 Å². The van der Waals surface area contributed by atoms with Gasteiger partial charge in [0.2, 0.25) is 5.75 Å². The van der Waals surface area contributed by atoms with E-state index in [1.54, 1.807) is 25.1 Å². The normalized spacial score (nSPS) is 16.0. The molecular formula is C31H30O10. The predicted molar refractivity (Wildman–Crippen MR) is 148 cm³/mol. The smallest absolute Gasteiger partial charge is 0.338 e. The average molecular weight is 563 g/mol. The number of hydrogen-bond acceptors (Lipinski definition) is 10. The van der Waals surface area contributed by atoms with Crippen LogP contribution in [0.5, 0.6) is 28.7 Å². The summed E-state index contributed by atoms with van der Waals surface area (Å²) >= 11 is 0. The van der Waals surface area contributed by atoms with Crippen LogP contribution in [0.2, 0.25) is 0 Å². The molecule has 0 heterocycles. The summed E-state index contributed by atoms with van der Waals surface area (Å²) in [5.41, 5.74) is -2.97. The van der Waals surface area contributed by atoms with Gasteiger partial charge in [-0.05, 0) is 36.8 Å². The molecule has 1 aliphatic rings. The molecule has 0 bridgehead atoms. The first-order valence-corrected chi connectivity index (χ1v) is 12.4. The van der Waals surface area contributed by atoms with Crippen molar-refractivity contribution >= 4 is 17.5 Å². The zero-order valence-corrected chi connectivity index (χ0v) is 23.7. The van der Waals surface area contributed by atoms with Crippen molar-refractivity contribution in [2.75, 3.05) is 42.7 Å². The highest BCUT2D eigenvalue weighted by Crippen LogP contribution is 2.55. The van der Waals surface area contributed by atoms with Crippen LogP contribution in [0.15, 0.2) is 59.7 Å². The van der Waals surface area contributed by atoms with Gasteiger partial charge in [-0.15, -0.1) is 0 Å². The molecule has 0 saturated heterocycles. The molecule has 0 spiro atoms. The highest BCUT2D eigenvalue weighted by Gasteiger charge is 2.54. The molecule has 0 radical (unpaired) electrons. The fourth-order valence-corrected chi connectivity index (χ4v) is 5.10. The highest BCUT2D eigenvalue weighted by molar-refractivity contribution is 6.35. The fraction of sp³-hybridized carbons (Fsp3) is 0.258. The lowest BCUT2D eigenvalue weighted by Crippen LogP contribution is -2.43. The maximum Gasteiger partial charge on any atom is 0.338 e. The first-order chi connectivity index (χ1) is 19.6. The molecule has 1 N–H and O–H groups in total. The first kappa shape index (κ1) is 29.2. The molecule has 10 nitrogen and oxygen atoms in total. The Morgan fingerprint density at radius 2 is 1.41 bits per heavy atom. The maximum atomic E-state index is 14.2. The number of benzene rings is 3. The molecule has 0 saturated carbocycles. The Morgan fingerprint density at radius 1 is 0.756 bits per heavy atom. The average Bonchev–Trinajstić information content (AvgIpc) is 3.00. The molecular weight excluding hydrogens is 532 g/mol. The van der Waals surface area contributed by atoms with E-state index < -0.39 is 34.3 Å². The van der Waals surface area contributed by atoms with Gasteiger partial charge in [-0.3, -0.25) is 9.59 Å². The van der Waals surface area contributed by atoms with Crippen LogP contribution < -0.4 is 23.7 Å². The van der Waals surface area contributed by atoms with E-state index in [0.29, 0.717) is 5.75 Å². The largest absolute Gasteiger partial charge is 0.493 e. The van der Waals surface area contributed by atoms with E-state index in [2.05, 4.69) is 0 Å². The number of allylic oxidation sites excluding steroid dienone is 1. The van der Waals surface area contributed by atoms with Gasteiger partial charge in [0.25, 0.3) is 0 Å². The molecule has 1 atom stereocenters. The van der Waals surface area contributed by atoms with Crippen molar-refractivity contribution in [3.63, 3.8) is 0 Å². The second-order valence-electron chi connectivity index (χ2n) is 9.12. The number of rotatable bonds is 9. The lowest BCUT2D eigenvalue weighted by atomic mass is 9.68. The van der Waals surface area contributed by atoms with E-state index in [-0.39, 0.29) is 45.3 Å². The first-order valence-electron chi connectivity index (χ1n) is 12.4. The number of carbonyl (C=O) groups excluding carboxylic acids is 3. The topological polar surface area (TPSA) is 127 Å². The van der Waals surface area contributed by atoms with Crippen molar-refractivity contribution in [2.24, 2.45) is 0 Å².